The van der Waals surface area contributed by atoms with Crippen molar-refractivity contribution in [3.05, 3.63) is 71.4 Å². The minimum atomic E-state index is -0.167. The number of imidazole rings is 1. The molecule has 1 fully saturated rings. The molecule has 3 N–H and O–H groups in total. The van der Waals surface area contributed by atoms with E-state index in [1.165, 1.54) is 11.1 Å². The van der Waals surface area contributed by atoms with E-state index in [0.29, 0.717) is 17.4 Å². The molecule has 8 nitrogen and oxygen atoms in total. The summed E-state index contributed by atoms with van der Waals surface area (Å²) in [6, 6.07) is 16.7. The van der Waals surface area contributed by atoms with Crippen LogP contribution in [0.4, 0.5) is 5.69 Å². The number of H-pyrrole nitrogens is 1. The minimum absolute atomic E-state index is 0.0104. The molecule has 1 saturated heterocycles. The van der Waals surface area contributed by atoms with Gasteiger partial charge in [0.05, 0.1) is 5.69 Å². The highest BCUT2D eigenvalue weighted by atomic mass is 16.5. The van der Waals surface area contributed by atoms with Gasteiger partial charge in [-0.15, -0.1) is 0 Å². The number of nitrogens with zero attached hydrogens (tertiary/aromatic N) is 3. The number of likely N-dealkylation sites (N-methyl/N-ethyl adjacent to an activating group) is 1. The van der Waals surface area contributed by atoms with Gasteiger partial charge in [0.15, 0.2) is 12.3 Å². The van der Waals surface area contributed by atoms with Gasteiger partial charge in [0.25, 0.3) is 5.91 Å². The summed E-state index contributed by atoms with van der Waals surface area (Å²) in [6.07, 6.45) is 4.07. The zero-order chi connectivity index (χ0) is 25.8. The Kier molecular flexibility index (Phi) is 7.37. The van der Waals surface area contributed by atoms with Gasteiger partial charge in [-0.3, -0.25) is 9.69 Å². The fraction of sp³-hybridized carbons (Fsp3) is 0.345. The second-order valence-electron chi connectivity index (χ2n) is 9.77. The number of ether oxygens (including phenoxy) is 1. The molecule has 0 saturated carbocycles. The summed E-state index contributed by atoms with van der Waals surface area (Å²) >= 11 is 0. The van der Waals surface area contributed by atoms with Crippen molar-refractivity contribution >= 4 is 22.8 Å². The lowest BCUT2D eigenvalue weighted by atomic mass is 10.0. The molecule has 0 aliphatic carbocycles. The monoisotopic (exact) mass is 498 g/mol. The molecule has 2 aromatic carbocycles. The van der Waals surface area contributed by atoms with Crippen LogP contribution in [-0.2, 0) is 11.3 Å². The largest absolute Gasteiger partial charge is 0.484 e. The number of carbonyl (C=O) groups is 1. The highest BCUT2D eigenvalue weighted by Crippen LogP contribution is 2.30. The number of aryl methyl sites for hydroxylation is 2. The minimum Gasteiger partial charge on any atom is -0.484 e. The number of pyridine rings is 1. The van der Waals surface area contributed by atoms with Crippen molar-refractivity contribution in [3.63, 3.8) is 0 Å². The molecule has 0 unspecified atom stereocenters. The summed E-state index contributed by atoms with van der Waals surface area (Å²) in [6.45, 7) is 7.37. The quantitative estimate of drug-likeness (QED) is 0.332. The van der Waals surface area contributed by atoms with Crippen molar-refractivity contribution in [1.82, 2.24) is 25.2 Å². The normalized spacial score (nSPS) is 14.6. The lowest BCUT2D eigenvalue weighted by Crippen LogP contribution is -2.38. The molecule has 8 heteroatoms. The summed E-state index contributed by atoms with van der Waals surface area (Å²) in [7, 11) is 1.59. The molecule has 4 aromatic rings. The van der Waals surface area contributed by atoms with E-state index in [1.54, 1.807) is 7.05 Å². The Morgan fingerprint density at radius 2 is 1.92 bits per heavy atom. The molecule has 1 aliphatic rings. The zero-order valence-corrected chi connectivity index (χ0v) is 21.7. The van der Waals surface area contributed by atoms with Crippen LogP contribution >= 0.6 is 0 Å². The number of rotatable bonds is 8. The summed E-state index contributed by atoms with van der Waals surface area (Å²) in [5.41, 5.74) is 7.43. The Bertz CT molecular complexity index is 1370. The highest BCUT2D eigenvalue weighted by molar-refractivity contribution is 5.89. The van der Waals surface area contributed by atoms with Crippen LogP contribution in [0.25, 0.3) is 22.6 Å². The molecule has 3 heterocycles. The van der Waals surface area contributed by atoms with Crippen LogP contribution in [0.3, 0.4) is 0 Å². The van der Waals surface area contributed by atoms with Crippen LogP contribution in [0, 0.1) is 13.8 Å². The molecule has 0 bridgehead atoms. The Labute approximate surface area is 217 Å². The van der Waals surface area contributed by atoms with Gasteiger partial charge >= 0.3 is 0 Å². The Hall–Kier alpha value is -3.91. The van der Waals surface area contributed by atoms with Crippen molar-refractivity contribution in [3.8, 4) is 17.1 Å². The zero-order valence-electron chi connectivity index (χ0n) is 21.7. The van der Waals surface area contributed by atoms with E-state index < -0.39 is 0 Å². The van der Waals surface area contributed by atoms with E-state index in [9.17, 15) is 4.79 Å². The fourth-order valence-corrected chi connectivity index (χ4v) is 4.81. The van der Waals surface area contributed by atoms with Crippen LogP contribution in [0.5, 0.6) is 5.75 Å². The van der Waals surface area contributed by atoms with Crippen LogP contribution < -0.4 is 15.4 Å². The smallest absolute Gasteiger partial charge is 0.257 e. The van der Waals surface area contributed by atoms with E-state index in [2.05, 4.69) is 63.6 Å². The highest BCUT2D eigenvalue weighted by Gasteiger charge is 2.21. The van der Waals surface area contributed by atoms with Gasteiger partial charge in [-0.05, 0) is 62.1 Å². The second kappa shape index (κ2) is 11.0. The number of piperidine rings is 1. The Balaban J connectivity index is 1.26. The van der Waals surface area contributed by atoms with Crippen molar-refractivity contribution in [1.29, 1.82) is 0 Å². The van der Waals surface area contributed by atoms with E-state index in [0.717, 1.165) is 60.6 Å². The first kappa shape index (κ1) is 24.8. The first-order valence-electron chi connectivity index (χ1n) is 12.8. The maximum Gasteiger partial charge on any atom is 0.257 e. The lowest BCUT2D eigenvalue weighted by Gasteiger charge is -2.33. The molecule has 37 heavy (non-hydrogen) atoms. The SMILES string of the molecule is CNC(=O)COc1ccc(-c2nc3ncc(C)c(NC4CCN(Cc5cccc(C)c5)CC4)c3[nH]2)cc1. The van der Waals surface area contributed by atoms with Crippen molar-refractivity contribution in [2.24, 2.45) is 0 Å². The number of carbonyl (C=O) groups excluding carboxylic acids is 1. The molecule has 192 valence electrons. The van der Waals surface area contributed by atoms with Gasteiger partial charge in [-0.1, -0.05) is 29.8 Å². The van der Waals surface area contributed by atoms with Gasteiger partial charge in [-0.25, -0.2) is 9.97 Å². The van der Waals surface area contributed by atoms with Crippen LogP contribution in [0.1, 0.15) is 29.5 Å². The Morgan fingerprint density at radius 1 is 1.14 bits per heavy atom. The third kappa shape index (κ3) is 5.91. The molecular weight excluding hydrogens is 464 g/mol. The summed E-state index contributed by atoms with van der Waals surface area (Å²) in [5.74, 6) is 1.22. The molecule has 0 spiro atoms. The van der Waals surface area contributed by atoms with Gasteiger partial charge in [0.1, 0.15) is 17.1 Å². The number of fused-ring (bicyclic) bond motifs is 1. The lowest BCUT2D eigenvalue weighted by molar-refractivity contribution is -0.122. The van der Waals surface area contributed by atoms with Gasteiger partial charge in [0, 0.05) is 44.5 Å². The van der Waals surface area contributed by atoms with E-state index in [-0.39, 0.29) is 12.5 Å². The first-order valence-corrected chi connectivity index (χ1v) is 12.8. The number of aromatic nitrogens is 3. The molecule has 2 aromatic heterocycles. The van der Waals surface area contributed by atoms with Crippen molar-refractivity contribution in [2.45, 2.75) is 39.3 Å². The maximum absolute atomic E-state index is 11.4. The molecule has 0 atom stereocenters. The standard InChI is InChI=1S/C29H34N6O2/c1-19-5-4-6-21(15-19)17-35-13-11-23(12-14-35)32-26-20(2)16-31-29-27(26)33-28(34-29)22-7-9-24(10-8-22)37-18-25(36)30-3/h4-10,15-16,23H,11-14,17-18H2,1-3H3,(H,30,36)(H2,31,32,33,34). The van der Waals surface area contributed by atoms with Gasteiger partial charge in [-0.2, -0.15) is 0 Å². The number of likely N-dealkylation sites (tertiary alicyclic amines) is 1. The molecular formula is C29H34N6O2. The van der Waals surface area contributed by atoms with Gasteiger partial charge < -0.3 is 20.4 Å². The van der Waals surface area contributed by atoms with Crippen LogP contribution in [-0.4, -0.2) is 58.5 Å². The van der Waals surface area contributed by atoms with E-state index >= 15 is 0 Å². The third-order valence-electron chi connectivity index (χ3n) is 6.91. The summed E-state index contributed by atoms with van der Waals surface area (Å²) < 4.78 is 5.51. The number of amides is 1. The number of hydrogen-bond acceptors (Lipinski definition) is 6. The number of hydrogen-bond donors (Lipinski definition) is 3. The third-order valence-corrected chi connectivity index (χ3v) is 6.91. The number of anilines is 1. The van der Waals surface area contributed by atoms with E-state index in [4.69, 9.17) is 9.72 Å². The molecule has 5 rings (SSSR count). The molecule has 1 aliphatic heterocycles. The maximum atomic E-state index is 11.4. The topological polar surface area (TPSA) is 95.2 Å². The average molecular weight is 499 g/mol. The van der Waals surface area contributed by atoms with Crippen LogP contribution in [0.15, 0.2) is 54.7 Å². The van der Waals surface area contributed by atoms with Gasteiger partial charge in [0.2, 0.25) is 0 Å². The Morgan fingerprint density at radius 3 is 2.65 bits per heavy atom. The number of aromatic amines is 1. The van der Waals surface area contributed by atoms with E-state index in [1.807, 2.05) is 30.5 Å². The van der Waals surface area contributed by atoms with Crippen molar-refractivity contribution < 1.29 is 9.53 Å². The predicted octanol–water partition coefficient (Wildman–Crippen LogP) is 4.44. The molecule has 1 amide bonds. The van der Waals surface area contributed by atoms with Crippen molar-refractivity contribution in [2.75, 3.05) is 32.1 Å². The van der Waals surface area contributed by atoms with Crippen LogP contribution in [0.2, 0.25) is 0 Å². The fourth-order valence-electron chi connectivity index (χ4n) is 4.81. The molecule has 0 radical (unpaired) electrons. The average Bonchev–Trinajstić information content (AvgIpc) is 3.35. The first-order chi connectivity index (χ1) is 18.0. The number of benzene rings is 2. The predicted molar refractivity (Wildman–Crippen MR) is 147 cm³/mol. The summed E-state index contributed by atoms with van der Waals surface area (Å²) in [5, 5.41) is 6.34. The summed E-state index contributed by atoms with van der Waals surface area (Å²) in [4.78, 5) is 26.7. The second-order valence-corrected chi connectivity index (χ2v) is 9.77. The number of nitrogens with one attached hydrogen (secondary N) is 3.